The molecule has 0 unspecified atom stereocenters. The number of hydrogen-bond acceptors (Lipinski definition) is 6. The number of amidine groups is 1. The highest BCUT2D eigenvalue weighted by Crippen LogP contribution is 2.37. The van der Waals surface area contributed by atoms with Gasteiger partial charge < -0.3 is 5.32 Å². The summed E-state index contributed by atoms with van der Waals surface area (Å²) in [4.78, 5) is 30.2. The molecule has 3 aromatic rings. The van der Waals surface area contributed by atoms with Crippen LogP contribution in [-0.2, 0) is 4.79 Å². The molecule has 3 aromatic carbocycles. The lowest BCUT2D eigenvalue weighted by Crippen LogP contribution is -2.19. The standard InChI is InChI=1S/C25H21N3O3S2/c1-15-4-8-19(9-5-15)32-22-11-7-18(13-21(22)28(30)31)14-23-24(29)27-25(33-23)26-20-10-6-16(2)12-17(20)3/h4-14H,1-3H3,(H,26,27,29)/b23-14+. The van der Waals surface area contributed by atoms with Crippen molar-refractivity contribution < 1.29 is 9.72 Å². The van der Waals surface area contributed by atoms with Crippen molar-refractivity contribution in [2.24, 2.45) is 4.99 Å². The molecule has 0 aromatic heterocycles. The number of aliphatic imine (C=N–C) groups is 1. The molecule has 0 saturated carbocycles. The van der Waals surface area contributed by atoms with Crippen molar-refractivity contribution >= 4 is 52.0 Å². The quantitative estimate of drug-likeness (QED) is 0.256. The first-order valence-electron chi connectivity index (χ1n) is 10.2. The Morgan fingerprint density at radius 1 is 1.00 bits per heavy atom. The van der Waals surface area contributed by atoms with E-state index in [-0.39, 0.29) is 11.6 Å². The van der Waals surface area contributed by atoms with Gasteiger partial charge in [0.05, 0.1) is 20.4 Å². The molecule has 0 spiro atoms. The summed E-state index contributed by atoms with van der Waals surface area (Å²) < 4.78 is 0. The van der Waals surface area contributed by atoms with E-state index in [4.69, 9.17) is 0 Å². The molecule has 0 bridgehead atoms. The van der Waals surface area contributed by atoms with Crippen LogP contribution >= 0.6 is 23.5 Å². The van der Waals surface area contributed by atoms with Gasteiger partial charge in [0.1, 0.15) is 0 Å². The fourth-order valence-corrected chi connectivity index (χ4v) is 4.99. The number of nitrogens with one attached hydrogen (secondary N) is 1. The van der Waals surface area contributed by atoms with Crippen LogP contribution in [0.5, 0.6) is 0 Å². The molecule has 0 radical (unpaired) electrons. The Morgan fingerprint density at radius 3 is 2.42 bits per heavy atom. The fourth-order valence-electron chi connectivity index (χ4n) is 3.26. The summed E-state index contributed by atoms with van der Waals surface area (Å²) in [6, 6.07) is 18.7. The first kappa shape index (κ1) is 22.8. The third-order valence-corrected chi connectivity index (χ3v) is 6.93. The summed E-state index contributed by atoms with van der Waals surface area (Å²) in [6.07, 6.45) is 1.65. The average Bonchev–Trinajstić information content (AvgIpc) is 3.11. The van der Waals surface area contributed by atoms with Crippen molar-refractivity contribution in [3.8, 4) is 0 Å². The van der Waals surface area contributed by atoms with Crippen LogP contribution in [0, 0.1) is 30.9 Å². The molecule has 1 N–H and O–H groups in total. The molecule has 1 fully saturated rings. The molecule has 33 heavy (non-hydrogen) atoms. The zero-order valence-electron chi connectivity index (χ0n) is 18.3. The number of benzene rings is 3. The highest BCUT2D eigenvalue weighted by Gasteiger charge is 2.24. The normalized spacial score (nSPS) is 15.8. The molecule has 0 atom stereocenters. The van der Waals surface area contributed by atoms with Gasteiger partial charge in [0.15, 0.2) is 5.17 Å². The Morgan fingerprint density at radius 2 is 1.73 bits per heavy atom. The van der Waals surface area contributed by atoms with E-state index in [1.807, 2.05) is 63.2 Å². The van der Waals surface area contributed by atoms with E-state index in [1.165, 1.54) is 29.6 Å². The number of nitro groups is 1. The van der Waals surface area contributed by atoms with E-state index in [0.717, 1.165) is 27.3 Å². The molecule has 1 amide bonds. The summed E-state index contributed by atoms with van der Waals surface area (Å²) in [7, 11) is 0. The van der Waals surface area contributed by atoms with Crippen molar-refractivity contribution in [3.63, 3.8) is 0 Å². The van der Waals surface area contributed by atoms with Gasteiger partial charge in [-0.1, -0.05) is 53.2 Å². The Kier molecular flexibility index (Phi) is 6.67. The molecule has 8 heteroatoms. The smallest absolute Gasteiger partial charge is 0.283 e. The van der Waals surface area contributed by atoms with Gasteiger partial charge >= 0.3 is 0 Å². The number of aryl methyl sites for hydroxylation is 3. The predicted molar refractivity (Wildman–Crippen MR) is 135 cm³/mol. The van der Waals surface area contributed by atoms with Gasteiger partial charge in [-0.25, -0.2) is 4.99 Å². The fraction of sp³-hybridized carbons (Fsp3) is 0.120. The second-order valence-electron chi connectivity index (χ2n) is 7.67. The largest absolute Gasteiger partial charge is 0.300 e. The molecule has 0 aliphatic carbocycles. The monoisotopic (exact) mass is 475 g/mol. The maximum Gasteiger partial charge on any atom is 0.283 e. The van der Waals surface area contributed by atoms with Gasteiger partial charge in [-0.05, 0) is 74.0 Å². The number of nitrogens with zero attached hydrogens (tertiary/aromatic N) is 2. The second-order valence-corrected chi connectivity index (χ2v) is 9.82. The minimum absolute atomic E-state index is 0.00232. The SMILES string of the molecule is Cc1ccc(Sc2ccc(/C=C3/SC(=Nc4ccc(C)cc4C)NC3=O)cc2[N+](=O)[O-])cc1. The van der Waals surface area contributed by atoms with Crippen molar-refractivity contribution in [2.45, 2.75) is 30.6 Å². The molecule has 1 heterocycles. The number of thioether (sulfide) groups is 1. The molecular weight excluding hydrogens is 454 g/mol. The van der Waals surface area contributed by atoms with Crippen molar-refractivity contribution in [1.82, 2.24) is 5.32 Å². The summed E-state index contributed by atoms with van der Waals surface area (Å²) >= 11 is 2.56. The van der Waals surface area contributed by atoms with Gasteiger partial charge in [0, 0.05) is 11.0 Å². The van der Waals surface area contributed by atoms with Crippen molar-refractivity contribution in [1.29, 1.82) is 0 Å². The highest BCUT2D eigenvalue weighted by molar-refractivity contribution is 8.18. The third kappa shape index (κ3) is 5.53. The number of carbonyl (C=O) groups is 1. The number of carbonyl (C=O) groups excluding carboxylic acids is 1. The zero-order chi connectivity index (χ0) is 23.5. The highest BCUT2D eigenvalue weighted by atomic mass is 32.2. The summed E-state index contributed by atoms with van der Waals surface area (Å²) in [5.41, 5.74) is 4.67. The maximum atomic E-state index is 12.5. The first-order valence-corrected chi connectivity index (χ1v) is 11.8. The topological polar surface area (TPSA) is 84.6 Å². The Hall–Kier alpha value is -3.36. The first-order chi connectivity index (χ1) is 15.8. The molecular formula is C25H21N3O3S2. The van der Waals surface area contributed by atoms with Crippen LogP contribution in [-0.4, -0.2) is 16.0 Å². The Labute approximate surface area is 200 Å². The molecule has 1 saturated heterocycles. The third-order valence-electron chi connectivity index (χ3n) is 4.95. The Balaban J connectivity index is 1.58. The van der Waals surface area contributed by atoms with Crippen LogP contribution in [0.25, 0.3) is 6.08 Å². The van der Waals surface area contributed by atoms with Crippen LogP contribution in [0.15, 0.2) is 80.4 Å². The van der Waals surface area contributed by atoms with Crippen molar-refractivity contribution in [2.75, 3.05) is 0 Å². The molecule has 4 rings (SSSR count). The van der Waals surface area contributed by atoms with E-state index in [0.29, 0.717) is 20.5 Å². The molecule has 1 aliphatic rings. The van der Waals surface area contributed by atoms with Crippen LogP contribution in [0.4, 0.5) is 11.4 Å². The van der Waals surface area contributed by atoms with E-state index in [9.17, 15) is 14.9 Å². The van der Waals surface area contributed by atoms with E-state index < -0.39 is 4.92 Å². The lowest BCUT2D eigenvalue weighted by atomic mass is 10.1. The number of rotatable bonds is 5. The van der Waals surface area contributed by atoms with Gasteiger partial charge in [0.25, 0.3) is 11.6 Å². The number of nitro benzene ring substituents is 1. The Bertz CT molecular complexity index is 1310. The van der Waals surface area contributed by atoms with E-state index >= 15 is 0 Å². The minimum Gasteiger partial charge on any atom is -0.300 e. The number of hydrogen-bond donors (Lipinski definition) is 1. The van der Waals surface area contributed by atoms with Gasteiger partial charge in [-0.15, -0.1) is 0 Å². The molecule has 1 aliphatic heterocycles. The summed E-state index contributed by atoms with van der Waals surface area (Å²) in [6.45, 7) is 5.98. The summed E-state index contributed by atoms with van der Waals surface area (Å²) in [5, 5.41) is 15.0. The lowest BCUT2D eigenvalue weighted by Gasteiger charge is -2.05. The minimum atomic E-state index is -0.395. The van der Waals surface area contributed by atoms with Crippen LogP contribution in [0.1, 0.15) is 22.3 Å². The van der Waals surface area contributed by atoms with E-state index in [2.05, 4.69) is 10.3 Å². The molecule has 6 nitrogen and oxygen atoms in total. The van der Waals surface area contributed by atoms with Crippen LogP contribution in [0.3, 0.4) is 0 Å². The van der Waals surface area contributed by atoms with E-state index in [1.54, 1.807) is 18.2 Å². The number of amides is 1. The van der Waals surface area contributed by atoms with Crippen LogP contribution < -0.4 is 5.32 Å². The van der Waals surface area contributed by atoms with Gasteiger partial charge in [-0.2, -0.15) is 0 Å². The second kappa shape index (κ2) is 9.64. The summed E-state index contributed by atoms with van der Waals surface area (Å²) in [5.74, 6) is -0.274. The van der Waals surface area contributed by atoms with Crippen molar-refractivity contribution in [3.05, 3.63) is 97.9 Å². The predicted octanol–water partition coefficient (Wildman–Crippen LogP) is 6.56. The zero-order valence-corrected chi connectivity index (χ0v) is 19.9. The van der Waals surface area contributed by atoms with Gasteiger partial charge in [-0.3, -0.25) is 14.9 Å². The van der Waals surface area contributed by atoms with Gasteiger partial charge in [0.2, 0.25) is 0 Å². The van der Waals surface area contributed by atoms with Crippen LogP contribution in [0.2, 0.25) is 0 Å². The average molecular weight is 476 g/mol. The maximum absolute atomic E-state index is 12.5. The lowest BCUT2D eigenvalue weighted by molar-refractivity contribution is -0.387. The molecule has 166 valence electrons.